The molecule has 12 heavy (non-hydrogen) atoms. The first-order valence-corrected chi connectivity index (χ1v) is 3.62. The third kappa shape index (κ3) is 1.39. The molecule has 4 heteroatoms. The van der Waals surface area contributed by atoms with Gasteiger partial charge in [-0.3, -0.25) is 4.79 Å². The highest BCUT2D eigenvalue weighted by molar-refractivity contribution is 5.94. The molecule has 0 fully saturated rings. The van der Waals surface area contributed by atoms with Crippen molar-refractivity contribution in [3.8, 4) is 0 Å². The standard InChI is InChI=1S/C8H11NO3/c1-5(12)8-7(4-11)6(3-10)2-9-8/h2,9-11H,3-4H2,1H3. The molecule has 0 radical (unpaired) electrons. The SMILES string of the molecule is CC(=O)c1[nH]cc(CO)c1CO. The maximum atomic E-state index is 10.9. The van der Waals surface area contributed by atoms with Crippen molar-refractivity contribution in [2.75, 3.05) is 0 Å². The van der Waals surface area contributed by atoms with Crippen molar-refractivity contribution in [2.24, 2.45) is 0 Å². The van der Waals surface area contributed by atoms with Gasteiger partial charge in [0.25, 0.3) is 0 Å². The van der Waals surface area contributed by atoms with Crippen LogP contribution < -0.4 is 0 Å². The van der Waals surface area contributed by atoms with Crippen LogP contribution >= 0.6 is 0 Å². The van der Waals surface area contributed by atoms with E-state index in [-0.39, 0.29) is 19.0 Å². The Balaban J connectivity index is 3.13. The Morgan fingerprint density at radius 3 is 2.58 bits per heavy atom. The summed E-state index contributed by atoms with van der Waals surface area (Å²) in [4.78, 5) is 13.6. The molecule has 0 unspecified atom stereocenters. The van der Waals surface area contributed by atoms with Crippen molar-refractivity contribution < 1.29 is 15.0 Å². The zero-order valence-electron chi connectivity index (χ0n) is 6.79. The van der Waals surface area contributed by atoms with E-state index < -0.39 is 0 Å². The van der Waals surface area contributed by atoms with Crippen molar-refractivity contribution in [3.63, 3.8) is 0 Å². The van der Waals surface area contributed by atoms with Crippen LogP contribution in [0.3, 0.4) is 0 Å². The van der Waals surface area contributed by atoms with Gasteiger partial charge in [0.15, 0.2) is 5.78 Å². The number of hydrogen-bond acceptors (Lipinski definition) is 3. The van der Waals surface area contributed by atoms with E-state index in [4.69, 9.17) is 10.2 Å². The number of aliphatic hydroxyl groups is 2. The second kappa shape index (κ2) is 3.51. The number of Topliss-reactive ketones (excluding diaryl/α,β-unsaturated/α-hetero) is 1. The van der Waals surface area contributed by atoms with Crippen molar-refractivity contribution in [1.29, 1.82) is 0 Å². The van der Waals surface area contributed by atoms with Crippen LogP contribution in [0.25, 0.3) is 0 Å². The Labute approximate surface area is 69.9 Å². The van der Waals surface area contributed by atoms with Gasteiger partial charge in [0.1, 0.15) is 0 Å². The molecule has 1 rings (SSSR count). The molecule has 0 atom stereocenters. The van der Waals surface area contributed by atoms with Gasteiger partial charge in [0.2, 0.25) is 0 Å². The lowest BCUT2D eigenvalue weighted by Gasteiger charge is -1.98. The van der Waals surface area contributed by atoms with Crippen LogP contribution in [0.5, 0.6) is 0 Å². The lowest BCUT2D eigenvalue weighted by Crippen LogP contribution is -1.99. The highest BCUT2D eigenvalue weighted by atomic mass is 16.3. The van der Waals surface area contributed by atoms with E-state index >= 15 is 0 Å². The number of carbonyl (C=O) groups is 1. The Bertz CT molecular complexity index is 290. The second-order valence-corrected chi connectivity index (χ2v) is 2.54. The molecule has 3 N–H and O–H groups in total. The van der Waals surface area contributed by atoms with Gasteiger partial charge in [-0.25, -0.2) is 0 Å². The Kier molecular flexibility index (Phi) is 2.62. The summed E-state index contributed by atoms with van der Waals surface area (Å²) in [6, 6.07) is 0. The molecule has 0 saturated heterocycles. The number of aromatic amines is 1. The van der Waals surface area contributed by atoms with Crippen LogP contribution in [0.1, 0.15) is 28.5 Å². The van der Waals surface area contributed by atoms with Crippen LogP contribution in [0.4, 0.5) is 0 Å². The summed E-state index contributed by atoms with van der Waals surface area (Å²) < 4.78 is 0. The summed E-state index contributed by atoms with van der Waals surface area (Å²) in [5.41, 5.74) is 1.44. The van der Waals surface area contributed by atoms with Gasteiger partial charge >= 0.3 is 0 Å². The number of H-pyrrole nitrogens is 1. The summed E-state index contributed by atoms with van der Waals surface area (Å²) in [6.45, 7) is 1.01. The third-order valence-corrected chi connectivity index (χ3v) is 1.76. The van der Waals surface area contributed by atoms with Crippen LogP contribution in [-0.4, -0.2) is 21.0 Å². The van der Waals surface area contributed by atoms with E-state index in [9.17, 15) is 4.79 Å². The molecule has 0 bridgehead atoms. The average molecular weight is 169 g/mol. The minimum absolute atomic E-state index is 0.140. The summed E-state index contributed by atoms with van der Waals surface area (Å²) >= 11 is 0. The largest absolute Gasteiger partial charge is 0.392 e. The lowest BCUT2D eigenvalue weighted by molar-refractivity contribution is 0.101. The van der Waals surface area contributed by atoms with Crippen molar-refractivity contribution in [3.05, 3.63) is 23.0 Å². The van der Waals surface area contributed by atoms with E-state index in [1.54, 1.807) is 0 Å². The first-order chi connectivity index (χ1) is 5.70. The second-order valence-electron chi connectivity index (χ2n) is 2.54. The van der Waals surface area contributed by atoms with Gasteiger partial charge in [0.05, 0.1) is 18.9 Å². The first kappa shape index (κ1) is 8.96. The Morgan fingerprint density at radius 1 is 1.50 bits per heavy atom. The fourth-order valence-corrected chi connectivity index (χ4v) is 1.13. The summed E-state index contributed by atoms with van der Waals surface area (Å²) in [7, 11) is 0. The number of nitrogens with one attached hydrogen (secondary N) is 1. The summed E-state index contributed by atoms with van der Waals surface area (Å²) in [5.74, 6) is -0.140. The van der Waals surface area contributed by atoms with Gasteiger partial charge < -0.3 is 15.2 Å². The van der Waals surface area contributed by atoms with Gasteiger partial charge in [0, 0.05) is 24.2 Å². The molecule has 1 aromatic heterocycles. The van der Waals surface area contributed by atoms with Crippen LogP contribution in [-0.2, 0) is 13.2 Å². The zero-order chi connectivity index (χ0) is 9.14. The molecule has 1 aromatic rings. The van der Waals surface area contributed by atoms with Crippen LogP contribution in [0, 0.1) is 0 Å². The van der Waals surface area contributed by atoms with Crippen molar-refractivity contribution in [1.82, 2.24) is 4.98 Å². The van der Waals surface area contributed by atoms with E-state index in [1.807, 2.05) is 0 Å². The Hall–Kier alpha value is -1.13. The van der Waals surface area contributed by atoms with Gasteiger partial charge in [-0.2, -0.15) is 0 Å². The lowest BCUT2D eigenvalue weighted by atomic mass is 10.1. The van der Waals surface area contributed by atoms with Gasteiger partial charge in [-0.05, 0) is 0 Å². The molecule has 0 amide bonds. The normalized spacial score (nSPS) is 10.2. The predicted octanol–water partition coefficient (Wildman–Crippen LogP) is 0.202. The highest BCUT2D eigenvalue weighted by Gasteiger charge is 2.12. The van der Waals surface area contributed by atoms with E-state index in [0.29, 0.717) is 16.8 Å². The fraction of sp³-hybridized carbons (Fsp3) is 0.375. The number of carbonyl (C=O) groups excluding carboxylic acids is 1. The molecule has 1 heterocycles. The average Bonchev–Trinajstić information content (AvgIpc) is 2.46. The van der Waals surface area contributed by atoms with E-state index in [1.165, 1.54) is 13.1 Å². The molecule has 0 aliphatic rings. The maximum absolute atomic E-state index is 10.9. The monoisotopic (exact) mass is 169 g/mol. The van der Waals surface area contributed by atoms with Crippen LogP contribution in [0.15, 0.2) is 6.20 Å². The molecular formula is C8H11NO3. The quantitative estimate of drug-likeness (QED) is 0.566. The zero-order valence-corrected chi connectivity index (χ0v) is 6.79. The first-order valence-electron chi connectivity index (χ1n) is 3.62. The molecule has 0 spiro atoms. The van der Waals surface area contributed by atoms with E-state index in [0.717, 1.165) is 0 Å². The summed E-state index contributed by atoms with van der Waals surface area (Å²) in [6.07, 6.45) is 1.53. The molecular weight excluding hydrogens is 158 g/mol. The molecule has 4 nitrogen and oxygen atoms in total. The minimum atomic E-state index is -0.228. The van der Waals surface area contributed by atoms with Gasteiger partial charge in [-0.1, -0.05) is 0 Å². The number of ketones is 1. The van der Waals surface area contributed by atoms with Crippen molar-refractivity contribution >= 4 is 5.78 Å². The predicted molar refractivity (Wildman–Crippen MR) is 42.6 cm³/mol. The minimum Gasteiger partial charge on any atom is -0.392 e. The highest BCUT2D eigenvalue weighted by Crippen LogP contribution is 2.14. The van der Waals surface area contributed by atoms with Crippen molar-refractivity contribution in [2.45, 2.75) is 20.1 Å². The van der Waals surface area contributed by atoms with E-state index in [2.05, 4.69) is 4.98 Å². The smallest absolute Gasteiger partial charge is 0.176 e. The number of rotatable bonds is 3. The third-order valence-electron chi connectivity index (χ3n) is 1.76. The molecule has 0 aliphatic heterocycles. The maximum Gasteiger partial charge on any atom is 0.176 e. The Morgan fingerprint density at radius 2 is 2.17 bits per heavy atom. The fourth-order valence-electron chi connectivity index (χ4n) is 1.13. The van der Waals surface area contributed by atoms with Gasteiger partial charge in [-0.15, -0.1) is 0 Å². The molecule has 0 saturated carbocycles. The molecule has 66 valence electrons. The number of hydrogen-bond donors (Lipinski definition) is 3. The number of aliphatic hydroxyl groups excluding tert-OH is 2. The summed E-state index contributed by atoms with van der Waals surface area (Å²) in [5, 5.41) is 17.7. The number of aromatic nitrogens is 1. The molecule has 0 aliphatic carbocycles. The topological polar surface area (TPSA) is 73.3 Å². The molecule has 0 aromatic carbocycles. The van der Waals surface area contributed by atoms with Crippen LogP contribution in [0.2, 0.25) is 0 Å².